The van der Waals surface area contributed by atoms with Gasteiger partial charge >= 0.3 is 0 Å². The number of hydrogen-bond donors (Lipinski definition) is 0. The first-order chi connectivity index (χ1) is 15.1. The van der Waals surface area contributed by atoms with Gasteiger partial charge in [-0.05, 0) is 61.4 Å². The van der Waals surface area contributed by atoms with E-state index in [0.29, 0.717) is 16.5 Å². The Balaban J connectivity index is 1.43. The molecule has 2 aromatic carbocycles. The standard InChI is InChI=1S/C28H36ClNO/c1-21(20-30-17-8-7-14-25(30)18-22-10-3-2-4-11-22)23-12-9-13-24(19-23)28(31)26-15-5-6-16-27(26)29/h5-6,9,12-13,15-16,19,21-22,25H,2-4,7-8,10-11,14,17-18,20H2,1H3. The van der Waals surface area contributed by atoms with Crippen LogP contribution in [0.4, 0.5) is 0 Å². The number of benzene rings is 2. The van der Waals surface area contributed by atoms with Crippen molar-refractivity contribution in [3.05, 3.63) is 70.2 Å². The second-order valence-electron chi connectivity index (χ2n) is 9.72. The lowest BCUT2D eigenvalue weighted by molar-refractivity contribution is 0.103. The molecule has 1 aliphatic carbocycles. The first-order valence-corrected chi connectivity index (χ1v) is 12.6. The van der Waals surface area contributed by atoms with Crippen LogP contribution in [-0.2, 0) is 0 Å². The third kappa shape index (κ3) is 5.79. The van der Waals surface area contributed by atoms with Crippen molar-refractivity contribution >= 4 is 17.4 Å². The number of carbonyl (C=O) groups is 1. The molecular weight excluding hydrogens is 402 g/mol. The van der Waals surface area contributed by atoms with E-state index in [4.69, 9.17) is 11.6 Å². The van der Waals surface area contributed by atoms with E-state index in [0.717, 1.165) is 24.1 Å². The average molecular weight is 438 g/mol. The fourth-order valence-electron chi connectivity index (χ4n) is 5.62. The summed E-state index contributed by atoms with van der Waals surface area (Å²) in [4.78, 5) is 15.8. The number of halogens is 1. The predicted octanol–water partition coefficient (Wildman–Crippen LogP) is 7.50. The molecule has 3 heteroatoms. The Labute approximate surface area is 193 Å². The van der Waals surface area contributed by atoms with E-state index in [9.17, 15) is 4.79 Å². The van der Waals surface area contributed by atoms with Crippen LogP contribution in [0.5, 0.6) is 0 Å². The molecule has 0 radical (unpaired) electrons. The smallest absolute Gasteiger partial charge is 0.194 e. The predicted molar refractivity (Wildman–Crippen MR) is 130 cm³/mol. The van der Waals surface area contributed by atoms with Crippen LogP contribution in [0, 0.1) is 5.92 Å². The van der Waals surface area contributed by atoms with Crippen LogP contribution in [-0.4, -0.2) is 29.8 Å². The van der Waals surface area contributed by atoms with Gasteiger partial charge in [0.2, 0.25) is 0 Å². The van der Waals surface area contributed by atoms with Gasteiger partial charge < -0.3 is 0 Å². The molecule has 0 bridgehead atoms. The van der Waals surface area contributed by atoms with Gasteiger partial charge in [0.1, 0.15) is 0 Å². The van der Waals surface area contributed by atoms with Gasteiger partial charge in [-0.3, -0.25) is 9.69 Å². The Morgan fingerprint density at radius 2 is 1.77 bits per heavy atom. The topological polar surface area (TPSA) is 20.3 Å². The van der Waals surface area contributed by atoms with Crippen molar-refractivity contribution in [2.75, 3.05) is 13.1 Å². The maximum absolute atomic E-state index is 13.0. The summed E-state index contributed by atoms with van der Waals surface area (Å²) >= 11 is 6.27. The summed E-state index contributed by atoms with van der Waals surface area (Å²) in [7, 11) is 0. The summed E-state index contributed by atoms with van der Waals surface area (Å²) in [5, 5.41) is 0.518. The fraction of sp³-hybridized carbons (Fsp3) is 0.536. The van der Waals surface area contributed by atoms with E-state index in [1.54, 1.807) is 6.07 Å². The Morgan fingerprint density at radius 1 is 1.00 bits per heavy atom. The van der Waals surface area contributed by atoms with Gasteiger partial charge in [-0.25, -0.2) is 0 Å². The van der Waals surface area contributed by atoms with Gasteiger partial charge in [0.25, 0.3) is 0 Å². The van der Waals surface area contributed by atoms with Crippen LogP contribution >= 0.6 is 11.6 Å². The molecule has 4 rings (SSSR count). The van der Waals surface area contributed by atoms with Crippen molar-refractivity contribution in [3.8, 4) is 0 Å². The molecule has 2 aromatic rings. The lowest BCUT2D eigenvalue weighted by atomic mass is 9.82. The van der Waals surface area contributed by atoms with Crippen molar-refractivity contribution in [1.82, 2.24) is 4.90 Å². The normalized spacial score (nSPS) is 21.7. The van der Waals surface area contributed by atoms with Gasteiger partial charge in [0.15, 0.2) is 5.78 Å². The number of hydrogen-bond acceptors (Lipinski definition) is 2. The Bertz CT molecular complexity index is 873. The van der Waals surface area contributed by atoms with Gasteiger partial charge in [0.05, 0.1) is 5.02 Å². The molecule has 1 saturated heterocycles. The van der Waals surface area contributed by atoms with Crippen molar-refractivity contribution < 1.29 is 4.79 Å². The molecule has 1 saturated carbocycles. The van der Waals surface area contributed by atoms with Gasteiger partial charge in [0, 0.05) is 23.7 Å². The van der Waals surface area contributed by atoms with Crippen LogP contribution in [0.3, 0.4) is 0 Å². The van der Waals surface area contributed by atoms with Crippen LogP contribution < -0.4 is 0 Å². The summed E-state index contributed by atoms with van der Waals surface area (Å²) in [5.41, 5.74) is 2.56. The molecule has 166 valence electrons. The summed E-state index contributed by atoms with van der Waals surface area (Å²) in [5.74, 6) is 1.35. The number of piperidine rings is 1. The van der Waals surface area contributed by atoms with Gasteiger partial charge in [-0.2, -0.15) is 0 Å². The van der Waals surface area contributed by atoms with Crippen molar-refractivity contribution in [2.24, 2.45) is 5.92 Å². The minimum absolute atomic E-state index is 0.00722. The van der Waals surface area contributed by atoms with Crippen molar-refractivity contribution in [1.29, 1.82) is 0 Å². The van der Waals surface area contributed by atoms with E-state index in [1.165, 1.54) is 69.9 Å². The number of nitrogens with zero attached hydrogens (tertiary/aromatic N) is 1. The summed E-state index contributed by atoms with van der Waals surface area (Å²) < 4.78 is 0. The highest BCUT2D eigenvalue weighted by molar-refractivity contribution is 6.34. The lowest BCUT2D eigenvalue weighted by Crippen LogP contribution is -2.42. The minimum Gasteiger partial charge on any atom is -0.300 e. The average Bonchev–Trinajstić information content (AvgIpc) is 2.81. The summed E-state index contributed by atoms with van der Waals surface area (Å²) in [6.07, 6.45) is 12.6. The largest absolute Gasteiger partial charge is 0.300 e. The maximum Gasteiger partial charge on any atom is 0.194 e. The highest BCUT2D eigenvalue weighted by atomic mass is 35.5. The molecule has 1 aliphatic heterocycles. The van der Waals surface area contributed by atoms with Crippen molar-refractivity contribution in [2.45, 2.75) is 76.7 Å². The van der Waals surface area contributed by atoms with Gasteiger partial charge in [-0.1, -0.05) is 87.4 Å². The highest BCUT2D eigenvalue weighted by Gasteiger charge is 2.27. The number of carbonyl (C=O) groups excluding carboxylic acids is 1. The molecule has 1 heterocycles. The van der Waals surface area contributed by atoms with Crippen molar-refractivity contribution in [3.63, 3.8) is 0 Å². The molecule has 2 aliphatic rings. The molecule has 0 spiro atoms. The van der Waals surface area contributed by atoms with E-state index in [1.807, 2.05) is 30.3 Å². The molecule has 2 nitrogen and oxygen atoms in total. The van der Waals surface area contributed by atoms with E-state index in [-0.39, 0.29) is 5.78 Å². The number of ketones is 1. The zero-order valence-corrected chi connectivity index (χ0v) is 19.6. The quantitative estimate of drug-likeness (QED) is 0.418. The minimum atomic E-state index is 0.00722. The molecular formula is C28H36ClNO. The first kappa shape index (κ1) is 22.6. The molecule has 2 atom stereocenters. The van der Waals surface area contributed by atoms with E-state index < -0.39 is 0 Å². The zero-order chi connectivity index (χ0) is 21.6. The third-order valence-corrected chi connectivity index (χ3v) is 7.75. The molecule has 0 N–H and O–H groups in total. The SMILES string of the molecule is CC(CN1CCCCC1CC1CCCCC1)c1cccc(C(=O)c2ccccc2Cl)c1. The van der Waals surface area contributed by atoms with Crippen LogP contribution in [0.2, 0.25) is 5.02 Å². The highest BCUT2D eigenvalue weighted by Crippen LogP contribution is 2.33. The van der Waals surface area contributed by atoms with E-state index in [2.05, 4.69) is 24.0 Å². The zero-order valence-electron chi connectivity index (χ0n) is 18.9. The molecule has 0 amide bonds. The second-order valence-corrected chi connectivity index (χ2v) is 10.1. The Hall–Kier alpha value is -1.64. The third-order valence-electron chi connectivity index (χ3n) is 7.42. The van der Waals surface area contributed by atoms with Crippen LogP contribution in [0.15, 0.2) is 48.5 Å². The first-order valence-electron chi connectivity index (χ1n) is 12.2. The molecule has 2 unspecified atom stereocenters. The summed E-state index contributed by atoms with van der Waals surface area (Å²) in [6, 6.07) is 16.3. The van der Waals surface area contributed by atoms with Crippen LogP contribution in [0.1, 0.15) is 92.1 Å². The monoisotopic (exact) mass is 437 g/mol. The van der Waals surface area contributed by atoms with Crippen LogP contribution in [0.25, 0.3) is 0 Å². The second kappa shape index (κ2) is 10.8. The summed E-state index contributed by atoms with van der Waals surface area (Å²) in [6.45, 7) is 4.62. The number of rotatable bonds is 7. The Kier molecular flexibility index (Phi) is 7.85. The lowest BCUT2D eigenvalue weighted by Gasteiger charge is -2.39. The van der Waals surface area contributed by atoms with Gasteiger partial charge in [-0.15, -0.1) is 0 Å². The maximum atomic E-state index is 13.0. The van der Waals surface area contributed by atoms with E-state index >= 15 is 0 Å². The fourth-order valence-corrected chi connectivity index (χ4v) is 5.84. The molecule has 0 aromatic heterocycles. The molecule has 2 fully saturated rings. The number of likely N-dealkylation sites (tertiary alicyclic amines) is 1. The Morgan fingerprint density at radius 3 is 2.58 bits per heavy atom. The molecule has 31 heavy (non-hydrogen) atoms.